The third-order valence-electron chi connectivity index (χ3n) is 1.70. The van der Waals surface area contributed by atoms with Gasteiger partial charge in [0.2, 0.25) is 0 Å². The maximum absolute atomic E-state index is 6.76. The fourth-order valence-corrected chi connectivity index (χ4v) is 1.09. The lowest BCUT2D eigenvalue weighted by atomic mass is 10.4. The average molecular weight is 158 g/mol. The minimum absolute atomic E-state index is 0.413. The molecule has 0 radical (unpaired) electrons. The molecule has 2 rings (SSSR count). The van der Waals surface area contributed by atoms with Crippen LogP contribution in [0, 0.1) is 6.57 Å². The molecule has 2 heterocycles. The zero-order chi connectivity index (χ0) is 8.55. The van der Waals surface area contributed by atoms with E-state index in [9.17, 15) is 0 Å². The van der Waals surface area contributed by atoms with Crippen molar-refractivity contribution in [2.45, 2.75) is 0 Å². The minimum Gasteiger partial charge on any atom is -0.361 e. The summed E-state index contributed by atoms with van der Waals surface area (Å²) in [5.41, 5.74) is 1.72. The van der Waals surface area contributed by atoms with Crippen molar-refractivity contribution in [3.05, 3.63) is 29.7 Å². The first-order valence-corrected chi connectivity index (χ1v) is 3.47. The summed E-state index contributed by atoms with van der Waals surface area (Å²) >= 11 is 0. The van der Waals surface area contributed by atoms with E-state index in [4.69, 9.17) is 6.57 Å². The molecule has 0 N–H and O–H groups in total. The second kappa shape index (κ2) is 2.31. The number of hydrogen-bond acceptors (Lipinski definition) is 2. The topological polar surface area (TPSA) is 35.1 Å². The Morgan fingerprint density at radius 2 is 2.33 bits per heavy atom. The first kappa shape index (κ1) is 6.80. The molecule has 4 heteroatoms. The lowest BCUT2D eigenvalue weighted by Crippen LogP contribution is -1.88. The second-order valence-corrected chi connectivity index (χ2v) is 2.45. The molecule has 4 nitrogen and oxygen atoms in total. The molecular formula is C8H6N4. The van der Waals surface area contributed by atoms with Crippen LogP contribution >= 0.6 is 0 Å². The van der Waals surface area contributed by atoms with Gasteiger partial charge in [0.1, 0.15) is 5.52 Å². The molecule has 0 saturated carbocycles. The number of rotatable bonds is 0. The molecule has 0 amide bonds. The normalized spacial score (nSPS) is 10.0. The van der Waals surface area contributed by atoms with Crippen molar-refractivity contribution >= 4 is 16.9 Å². The number of aromatic nitrogens is 3. The Hall–Kier alpha value is -1.89. The van der Waals surface area contributed by atoms with E-state index < -0.39 is 0 Å². The molecule has 0 spiro atoms. The van der Waals surface area contributed by atoms with Crippen LogP contribution in [0.1, 0.15) is 0 Å². The van der Waals surface area contributed by atoms with Gasteiger partial charge < -0.3 is 4.85 Å². The number of hydrogen-bond donors (Lipinski definition) is 0. The average Bonchev–Trinajstić information content (AvgIpc) is 2.47. The minimum atomic E-state index is 0.413. The number of nitrogens with zero attached hydrogens (tertiary/aromatic N) is 4. The standard InChI is InChI=1S/C8H6N4/c1-9-8-4-3-7-6(11-8)5-10-12(7)2/h3-5H,2H3. The summed E-state index contributed by atoms with van der Waals surface area (Å²) in [4.78, 5) is 7.31. The van der Waals surface area contributed by atoms with Gasteiger partial charge in [0.05, 0.1) is 6.20 Å². The van der Waals surface area contributed by atoms with Crippen LogP contribution in [0.25, 0.3) is 15.9 Å². The molecule has 0 atom stereocenters. The quantitative estimate of drug-likeness (QED) is 0.545. The van der Waals surface area contributed by atoms with Crippen LogP contribution in [0.4, 0.5) is 5.82 Å². The Kier molecular flexibility index (Phi) is 1.31. The summed E-state index contributed by atoms with van der Waals surface area (Å²) < 4.78 is 1.73. The van der Waals surface area contributed by atoms with Gasteiger partial charge in [-0.05, 0) is 12.1 Å². The summed E-state index contributed by atoms with van der Waals surface area (Å²) in [7, 11) is 1.85. The summed E-state index contributed by atoms with van der Waals surface area (Å²) in [6.45, 7) is 6.76. The smallest absolute Gasteiger partial charge is 0.270 e. The predicted molar refractivity (Wildman–Crippen MR) is 44.8 cm³/mol. The van der Waals surface area contributed by atoms with Gasteiger partial charge in [0.15, 0.2) is 5.52 Å². The highest BCUT2D eigenvalue weighted by molar-refractivity contribution is 5.76. The molecule has 2 aromatic rings. The van der Waals surface area contributed by atoms with Crippen LogP contribution in [0.15, 0.2) is 18.3 Å². The van der Waals surface area contributed by atoms with Crippen molar-refractivity contribution in [1.82, 2.24) is 14.8 Å². The van der Waals surface area contributed by atoms with Crippen molar-refractivity contribution in [3.8, 4) is 0 Å². The van der Waals surface area contributed by atoms with Gasteiger partial charge in [0.25, 0.3) is 5.82 Å². The van der Waals surface area contributed by atoms with E-state index >= 15 is 0 Å². The lowest BCUT2D eigenvalue weighted by molar-refractivity contribution is 0.797. The van der Waals surface area contributed by atoms with Gasteiger partial charge in [-0.1, -0.05) is 6.57 Å². The van der Waals surface area contributed by atoms with E-state index in [0.29, 0.717) is 5.82 Å². The second-order valence-electron chi connectivity index (χ2n) is 2.45. The van der Waals surface area contributed by atoms with Gasteiger partial charge in [-0.2, -0.15) is 5.10 Å². The Labute approximate surface area is 69.3 Å². The highest BCUT2D eigenvalue weighted by atomic mass is 15.3. The number of fused-ring (bicyclic) bond motifs is 1. The fraction of sp³-hybridized carbons (Fsp3) is 0.125. The third-order valence-corrected chi connectivity index (χ3v) is 1.70. The number of aryl methyl sites for hydroxylation is 1. The highest BCUT2D eigenvalue weighted by Gasteiger charge is 2.03. The first-order valence-electron chi connectivity index (χ1n) is 3.47. The monoisotopic (exact) mass is 158 g/mol. The van der Waals surface area contributed by atoms with Crippen LogP contribution in [0.5, 0.6) is 0 Å². The van der Waals surface area contributed by atoms with Crippen LogP contribution in [-0.2, 0) is 7.05 Å². The van der Waals surface area contributed by atoms with E-state index in [-0.39, 0.29) is 0 Å². The van der Waals surface area contributed by atoms with E-state index in [1.807, 2.05) is 13.1 Å². The summed E-state index contributed by atoms with van der Waals surface area (Å²) in [6, 6.07) is 3.54. The first-order chi connectivity index (χ1) is 5.81. The van der Waals surface area contributed by atoms with Crippen molar-refractivity contribution in [3.63, 3.8) is 0 Å². The molecular weight excluding hydrogens is 152 g/mol. The summed E-state index contributed by atoms with van der Waals surface area (Å²) in [5, 5.41) is 4.02. The maximum Gasteiger partial charge on any atom is 0.270 e. The van der Waals surface area contributed by atoms with Gasteiger partial charge >= 0.3 is 0 Å². The lowest BCUT2D eigenvalue weighted by Gasteiger charge is -1.90. The number of pyridine rings is 1. The Balaban J connectivity index is 2.80. The molecule has 58 valence electrons. The molecule has 0 saturated heterocycles. The Bertz CT molecular complexity index is 463. The van der Waals surface area contributed by atoms with Crippen LogP contribution in [0.3, 0.4) is 0 Å². The molecule has 0 aliphatic carbocycles. The fourth-order valence-electron chi connectivity index (χ4n) is 1.09. The summed E-state index contributed by atoms with van der Waals surface area (Å²) in [5.74, 6) is 0.413. The molecule has 0 aliphatic rings. The third kappa shape index (κ3) is 0.839. The van der Waals surface area contributed by atoms with Crippen molar-refractivity contribution in [2.24, 2.45) is 7.05 Å². The van der Waals surface area contributed by atoms with Gasteiger partial charge in [-0.15, -0.1) is 4.98 Å². The largest absolute Gasteiger partial charge is 0.361 e. The zero-order valence-electron chi connectivity index (χ0n) is 6.52. The van der Waals surface area contributed by atoms with Gasteiger partial charge in [-0.3, -0.25) is 4.68 Å². The van der Waals surface area contributed by atoms with Crippen molar-refractivity contribution < 1.29 is 0 Å². The summed E-state index contributed by atoms with van der Waals surface area (Å²) in [6.07, 6.45) is 1.66. The molecule has 0 fully saturated rings. The zero-order valence-corrected chi connectivity index (χ0v) is 6.52. The Morgan fingerprint density at radius 1 is 1.50 bits per heavy atom. The molecule has 12 heavy (non-hydrogen) atoms. The predicted octanol–water partition coefficient (Wildman–Crippen LogP) is 1.52. The van der Waals surface area contributed by atoms with Crippen LogP contribution < -0.4 is 0 Å². The maximum atomic E-state index is 6.76. The van der Waals surface area contributed by atoms with E-state index in [2.05, 4.69) is 14.9 Å². The molecule has 0 aliphatic heterocycles. The molecule has 0 bridgehead atoms. The Morgan fingerprint density at radius 3 is 3.08 bits per heavy atom. The van der Waals surface area contributed by atoms with Crippen LogP contribution in [0.2, 0.25) is 0 Å². The van der Waals surface area contributed by atoms with E-state index in [1.54, 1.807) is 16.9 Å². The van der Waals surface area contributed by atoms with Crippen LogP contribution in [-0.4, -0.2) is 14.8 Å². The molecule has 0 aromatic carbocycles. The van der Waals surface area contributed by atoms with Crippen molar-refractivity contribution in [1.29, 1.82) is 0 Å². The van der Waals surface area contributed by atoms with Gasteiger partial charge in [-0.25, -0.2) is 0 Å². The molecule has 2 aromatic heterocycles. The van der Waals surface area contributed by atoms with Crippen molar-refractivity contribution in [2.75, 3.05) is 0 Å². The highest BCUT2D eigenvalue weighted by Crippen LogP contribution is 2.15. The van der Waals surface area contributed by atoms with E-state index in [1.165, 1.54) is 0 Å². The van der Waals surface area contributed by atoms with E-state index in [0.717, 1.165) is 11.0 Å². The molecule has 0 unspecified atom stereocenters. The van der Waals surface area contributed by atoms with Gasteiger partial charge in [0, 0.05) is 7.05 Å². The SMILES string of the molecule is [C-]#[N+]c1ccc2c(cnn2C)n1.